The number of oxazole rings is 1. The van der Waals surface area contributed by atoms with Gasteiger partial charge in [0.25, 0.3) is 0 Å². The van der Waals surface area contributed by atoms with Crippen molar-refractivity contribution in [2.75, 3.05) is 13.1 Å². The van der Waals surface area contributed by atoms with E-state index in [1.54, 1.807) is 0 Å². The molecule has 2 heterocycles. The number of rotatable bonds is 6. The Morgan fingerprint density at radius 2 is 2.06 bits per heavy atom. The highest BCUT2D eigenvalue weighted by Crippen LogP contribution is 2.25. The number of aromatic nitrogens is 1. The summed E-state index contributed by atoms with van der Waals surface area (Å²) < 4.78 is 5.94. The van der Waals surface area contributed by atoms with Gasteiger partial charge in [0.2, 0.25) is 11.8 Å². The Morgan fingerprint density at radius 3 is 2.87 bits per heavy atom. The van der Waals surface area contributed by atoms with E-state index in [0.717, 1.165) is 48.5 Å². The van der Waals surface area contributed by atoms with Crippen molar-refractivity contribution in [1.29, 1.82) is 0 Å². The third-order valence-corrected chi connectivity index (χ3v) is 6.19. The van der Waals surface area contributed by atoms with Gasteiger partial charge in [-0.15, -0.1) is 0 Å². The van der Waals surface area contributed by atoms with Gasteiger partial charge in [-0.05, 0) is 57.0 Å². The minimum atomic E-state index is -0.0281. The summed E-state index contributed by atoms with van der Waals surface area (Å²) in [4.78, 5) is 19.8. The summed E-state index contributed by atoms with van der Waals surface area (Å²) in [6.07, 6.45) is 1.89. The predicted molar refractivity (Wildman–Crippen MR) is 123 cm³/mol. The number of aryl methyl sites for hydroxylation is 2. The Morgan fingerprint density at radius 1 is 1.23 bits per heavy atom. The van der Waals surface area contributed by atoms with Crippen molar-refractivity contribution in [3.8, 4) is 11.5 Å². The number of halogens is 1. The standard InChI is InChI=1S/C25H28ClN3O2/c1-17-7-5-9-19(13-17)25-28-23(18(2)31-25)16-29-12-6-10-21(15-29)24(30)27-14-20-8-3-4-11-22(20)26/h3-5,7-9,11,13,21H,6,10,12,14-16H2,1-2H3,(H,27,30)/t21-/m0/s1. The Hall–Kier alpha value is -2.63. The molecule has 1 aliphatic heterocycles. The summed E-state index contributed by atoms with van der Waals surface area (Å²) in [5.74, 6) is 1.55. The van der Waals surface area contributed by atoms with Crippen molar-refractivity contribution >= 4 is 17.5 Å². The van der Waals surface area contributed by atoms with Crippen molar-refractivity contribution < 1.29 is 9.21 Å². The van der Waals surface area contributed by atoms with Crippen LogP contribution in [0.15, 0.2) is 52.9 Å². The maximum Gasteiger partial charge on any atom is 0.226 e. The van der Waals surface area contributed by atoms with Crippen LogP contribution in [0, 0.1) is 19.8 Å². The van der Waals surface area contributed by atoms with Crippen LogP contribution >= 0.6 is 11.6 Å². The van der Waals surface area contributed by atoms with Gasteiger partial charge in [-0.3, -0.25) is 9.69 Å². The molecule has 162 valence electrons. The summed E-state index contributed by atoms with van der Waals surface area (Å²) in [7, 11) is 0. The number of carbonyl (C=O) groups excluding carboxylic acids is 1. The van der Waals surface area contributed by atoms with Gasteiger partial charge in [-0.25, -0.2) is 4.98 Å². The van der Waals surface area contributed by atoms with Gasteiger partial charge in [-0.2, -0.15) is 0 Å². The second-order valence-electron chi connectivity index (χ2n) is 8.27. The summed E-state index contributed by atoms with van der Waals surface area (Å²) in [5, 5.41) is 3.73. The predicted octanol–water partition coefficient (Wildman–Crippen LogP) is 5.14. The second-order valence-corrected chi connectivity index (χ2v) is 8.68. The van der Waals surface area contributed by atoms with Crippen LogP contribution < -0.4 is 5.32 Å². The summed E-state index contributed by atoms with van der Waals surface area (Å²) in [6.45, 7) is 6.84. The van der Waals surface area contributed by atoms with E-state index in [2.05, 4.69) is 29.3 Å². The number of nitrogens with zero attached hydrogens (tertiary/aromatic N) is 2. The van der Waals surface area contributed by atoms with Crippen LogP contribution in [0.25, 0.3) is 11.5 Å². The van der Waals surface area contributed by atoms with E-state index in [-0.39, 0.29) is 11.8 Å². The number of likely N-dealkylation sites (tertiary alicyclic amines) is 1. The molecule has 3 aromatic rings. The highest BCUT2D eigenvalue weighted by atomic mass is 35.5. The average molecular weight is 438 g/mol. The molecule has 1 saturated heterocycles. The van der Waals surface area contributed by atoms with Gasteiger partial charge in [0.15, 0.2) is 0 Å². The van der Waals surface area contributed by atoms with Crippen molar-refractivity contribution in [3.05, 3.63) is 76.1 Å². The molecule has 0 aliphatic carbocycles. The summed E-state index contributed by atoms with van der Waals surface area (Å²) in [5.41, 5.74) is 4.04. The van der Waals surface area contributed by atoms with Crippen molar-refractivity contribution in [1.82, 2.24) is 15.2 Å². The van der Waals surface area contributed by atoms with Gasteiger partial charge < -0.3 is 9.73 Å². The smallest absolute Gasteiger partial charge is 0.226 e. The Bertz CT molecular complexity index is 1060. The first-order valence-electron chi connectivity index (χ1n) is 10.8. The zero-order valence-electron chi connectivity index (χ0n) is 18.0. The van der Waals surface area contributed by atoms with Gasteiger partial charge >= 0.3 is 0 Å². The quantitative estimate of drug-likeness (QED) is 0.580. The topological polar surface area (TPSA) is 58.4 Å². The third kappa shape index (κ3) is 5.35. The highest BCUT2D eigenvalue weighted by molar-refractivity contribution is 6.31. The zero-order valence-corrected chi connectivity index (χ0v) is 18.8. The molecular formula is C25H28ClN3O2. The molecule has 1 aliphatic rings. The minimum Gasteiger partial charge on any atom is -0.441 e. The lowest BCUT2D eigenvalue weighted by Gasteiger charge is -2.31. The van der Waals surface area contributed by atoms with Crippen LogP contribution in [0.3, 0.4) is 0 Å². The summed E-state index contributed by atoms with van der Waals surface area (Å²) in [6, 6.07) is 15.8. The molecule has 0 unspecified atom stereocenters. The van der Waals surface area contributed by atoms with E-state index in [4.69, 9.17) is 21.0 Å². The Balaban J connectivity index is 1.37. The molecule has 0 spiro atoms. The molecule has 1 atom stereocenters. The molecule has 1 aromatic heterocycles. The first-order valence-corrected chi connectivity index (χ1v) is 11.1. The van der Waals surface area contributed by atoms with E-state index in [1.165, 1.54) is 5.56 Å². The lowest BCUT2D eigenvalue weighted by atomic mass is 9.97. The fourth-order valence-corrected chi connectivity index (χ4v) is 4.27. The maximum absolute atomic E-state index is 12.8. The molecule has 5 nitrogen and oxygen atoms in total. The molecule has 1 N–H and O–H groups in total. The number of hydrogen-bond acceptors (Lipinski definition) is 4. The number of piperidine rings is 1. The first-order chi connectivity index (χ1) is 15.0. The van der Waals surface area contributed by atoms with E-state index in [0.29, 0.717) is 24.0 Å². The zero-order chi connectivity index (χ0) is 21.8. The fraction of sp³-hybridized carbons (Fsp3) is 0.360. The van der Waals surface area contributed by atoms with Crippen LogP contribution in [0.1, 0.15) is 35.4 Å². The highest BCUT2D eigenvalue weighted by Gasteiger charge is 2.27. The van der Waals surface area contributed by atoms with Crippen LogP contribution in [-0.4, -0.2) is 28.9 Å². The second kappa shape index (κ2) is 9.67. The third-order valence-electron chi connectivity index (χ3n) is 5.82. The maximum atomic E-state index is 12.8. The molecule has 31 heavy (non-hydrogen) atoms. The van der Waals surface area contributed by atoms with Crippen LogP contribution in [0.5, 0.6) is 0 Å². The van der Waals surface area contributed by atoms with E-state index >= 15 is 0 Å². The molecular weight excluding hydrogens is 410 g/mol. The van der Waals surface area contributed by atoms with Gasteiger partial charge in [0, 0.05) is 30.2 Å². The van der Waals surface area contributed by atoms with E-state index < -0.39 is 0 Å². The SMILES string of the molecule is Cc1cccc(-c2nc(CN3CCC[C@H](C(=O)NCc4ccccc4Cl)C3)c(C)o2)c1. The van der Waals surface area contributed by atoms with Crippen molar-refractivity contribution in [3.63, 3.8) is 0 Å². The average Bonchev–Trinajstić information content (AvgIpc) is 3.13. The lowest BCUT2D eigenvalue weighted by Crippen LogP contribution is -2.42. The summed E-state index contributed by atoms with van der Waals surface area (Å²) >= 11 is 6.20. The van der Waals surface area contributed by atoms with Crippen LogP contribution in [-0.2, 0) is 17.9 Å². The van der Waals surface area contributed by atoms with E-state index in [9.17, 15) is 4.79 Å². The number of carbonyl (C=O) groups is 1. The molecule has 1 amide bonds. The molecule has 6 heteroatoms. The number of nitrogens with one attached hydrogen (secondary N) is 1. The molecule has 2 aromatic carbocycles. The van der Waals surface area contributed by atoms with Gasteiger partial charge in [0.1, 0.15) is 5.76 Å². The molecule has 0 bridgehead atoms. The van der Waals surface area contributed by atoms with Gasteiger partial charge in [-0.1, -0.05) is 47.5 Å². The fourth-order valence-electron chi connectivity index (χ4n) is 4.07. The number of benzene rings is 2. The van der Waals surface area contributed by atoms with E-state index in [1.807, 2.05) is 43.3 Å². The normalized spacial score (nSPS) is 16.9. The van der Waals surface area contributed by atoms with Crippen molar-refractivity contribution in [2.24, 2.45) is 5.92 Å². The van der Waals surface area contributed by atoms with Crippen LogP contribution in [0.2, 0.25) is 5.02 Å². The van der Waals surface area contributed by atoms with Crippen molar-refractivity contribution in [2.45, 2.75) is 39.8 Å². The first kappa shape index (κ1) is 21.6. The lowest BCUT2D eigenvalue weighted by molar-refractivity contribution is -0.127. The number of amides is 1. The monoisotopic (exact) mass is 437 g/mol. The Kier molecular flexibility index (Phi) is 6.73. The molecule has 1 fully saturated rings. The number of hydrogen-bond donors (Lipinski definition) is 1. The van der Waals surface area contributed by atoms with Crippen LogP contribution in [0.4, 0.5) is 0 Å². The molecule has 4 rings (SSSR count). The Labute approximate surface area is 188 Å². The minimum absolute atomic E-state index is 0.0281. The van der Waals surface area contributed by atoms with Gasteiger partial charge in [0.05, 0.1) is 11.6 Å². The molecule has 0 saturated carbocycles. The largest absolute Gasteiger partial charge is 0.441 e. The molecule has 0 radical (unpaired) electrons.